The number of aromatic amines is 1. The molecule has 0 bridgehead atoms. The number of aryl methyl sites for hydroxylation is 5. The molecule has 0 aliphatic carbocycles. The van der Waals surface area contributed by atoms with E-state index in [4.69, 9.17) is 0 Å². The summed E-state index contributed by atoms with van der Waals surface area (Å²) in [5.41, 5.74) is 3.54. The van der Waals surface area contributed by atoms with Crippen molar-refractivity contribution < 1.29 is 9.90 Å². The van der Waals surface area contributed by atoms with Gasteiger partial charge in [0.15, 0.2) is 0 Å². The van der Waals surface area contributed by atoms with Crippen molar-refractivity contribution in [2.45, 2.75) is 34.6 Å². The summed E-state index contributed by atoms with van der Waals surface area (Å²) < 4.78 is 1.69. The highest BCUT2D eigenvalue weighted by atomic mass is 79.9. The predicted molar refractivity (Wildman–Crippen MR) is 129 cm³/mol. The number of anilines is 1. The Kier molecular flexibility index (Phi) is 6.50. The molecule has 0 aliphatic rings. The first kappa shape index (κ1) is 23.2. The molecule has 0 radical (unpaired) electrons. The number of H-pyrrole nitrogens is 1. The third kappa shape index (κ3) is 4.57. The van der Waals surface area contributed by atoms with Crippen LogP contribution >= 0.6 is 15.9 Å². The maximum atomic E-state index is 12.5. The lowest BCUT2D eigenvalue weighted by molar-refractivity contribution is 0.259. The summed E-state index contributed by atoms with van der Waals surface area (Å²) in [6.45, 7) is 9.38. The van der Waals surface area contributed by atoms with Crippen molar-refractivity contribution in [1.82, 2.24) is 9.55 Å². The van der Waals surface area contributed by atoms with Crippen LogP contribution in [0, 0.1) is 34.6 Å². The number of rotatable bonds is 3. The molecule has 32 heavy (non-hydrogen) atoms. The number of carbonyl (C=O) groups is 1. The fourth-order valence-corrected chi connectivity index (χ4v) is 4.09. The molecule has 1 heterocycles. The fourth-order valence-electron chi connectivity index (χ4n) is 3.53. The SMILES string of the molecule is Cc1cc(C)c(-n2c(O)c(C=NC(=O)Nc3cc(C)c(C)cc3Br)c(=O)[nH]c2=O)c(C)c1. The Morgan fingerprint density at radius 2 is 1.62 bits per heavy atom. The maximum absolute atomic E-state index is 12.5. The van der Waals surface area contributed by atoms with E-state index in [1.807, 2.05) is 39.0 Å². The van der Waals surface area contributed by atoms with Gasteiger partial charge >= 0.3 is 11.7 Å². The lowest BCUT2D eigenvalue weighted by atomic mass is 10.0. The number of amides is 2. The number of carbonyl (C=O) groups excluding carboxylic acids is 1. The monoisotopic (exact) mass is 498 g/mol. The van der Waals surface area contributed by atoms with E-state index in [2.05, 4.69) is 31.2 Å². The van der Waals surface area contributed by atoms with E-state index in [0.717, 1.165) is 38.6 Å². The van der Waals surface area contributed by atoms with Crippen molar-refractivity contribution in [1.29, 1.82) is 0 Å². The topological polar surface area (TPSA) is 117 Å². The largest absolute Gasteiger partial charge is 0.493 e. The molecule has 0 atom stereocenters. The Morgan fingerprint density at radius 1 is 1.03 bits per heavy atom. The number of hydrogen-bond donors (Lipinski definition) is 3. The number of nitrogens with one attached hydrogen (secondary N) is 2. The number of aromatic nitrogens is 2. The molecule has 0 unspecified atom stereocenters. The lowest BCUT2D eigenvalue weighted by Crippen LogP contribution is -2.32. The molecule has 1 aromatic heterocycles. The number of hydrogen-bond acceptors (Lipinski definition) is 4. The van der Waals surface area contributed by atoms with Crippen LogP contribution in [-0.4, -0.2) is 26.9 Å². The van der Waals surface area contributed by atoms with Crippen molar-refractivity contribution in [2.24, 2.45) is 4.99 Å². The Morgan fingerprint density at radius 3 is 2.25 bits per heavy atom. The van der Waals surface area contributed by atoms with Crippen molar-refractivity contribution >= 4 is 33.9 Å². The standard InChI is InChI=1S/C23H23BrN4O4/c1-11-6-14(4)19(15(5)7-11)28-21(30)16(20(29)27-23(28)32)10-25-22(31)26-18-9-13(3)12(2)8-17(18)24/h6-10,30H,1-5H3,(H,26,31)(H,27,29,32). The quantitative estimate of drug-likeness (QED) is 0.469. The van der Waals surface area contributed by atoms with Gasteiger partial charge in [-0.2, -0.15) is 0 Å². The lowest BCUT2D eigenvalue weighted by Gasteiger charge is -2.15. The zero-order valence-electron chi connectivity index (χ0n) is 18.3. The molecule has 0 fully saturated rings. The van der Waals surface area contributed by atoms with Gasteiger partial charge in [-0.3, -0.25) is 9.78 Å². The number of aromatic hydroxyl groups is 1. The van der Waals surface area contributed by atoms with E-state index >= 15 is 0 Å². The average Bonchev–Trinajstić information content (AvgIpc) is 2.67. The molecule has 3 rings (SSSR count). The first-order valence-corrected chi connectivity index (χ1v) is 10.6. The van der Waals surface area contributed by atoms with Gasteiger partial charge in [-0.25, -0.2) is 19.1 Å². The van der Waals surface area contributed by atoms with E-state index in [1.165, 1.54) is 0 Å². The molecule has 0 spiro atoms. The third-order valence-corrected chi connectivity index (χ3v) is 5.77. The number of aliphatic imine (C=N–C) groups is 1. The van der Waals surface area contributed by atoms with Gasteiger partial charge in [0.05, 0.1) is 17.6 Å². The Hall–Kier alpha value is -3.46. The molecule has 8 nitrogen and oxygen atoms in total. The summed E-state index contributed by atoms with van der Waals surface area (Å²) in [5.74, 6) is -0.599. The van der Waals surface area contributed by atoms with Gasteiger partial charge < -0.3 is 10.4 Å². The van der Waals surface area contributed by atoms with Crippen molar-refractivity contribution in [3.05, 3.63) is 83.0 Å². The minimum absolute atomic E-state index is 0.307. The summed E-state index contributed by atoms with van der Waals surface area (Å²) >= 11 is 3.39. The van der Waals surface area contributed by atoms with Gasteiger partial charge in [0.25, 0.3) is 5.56 Å². The summed E-state index contributed by atoms with van der Waals surface area (Å²) in [4.78, 5) is 43.1. The van der Waals surface area contributed by atoms with E-state index in [-0.39, 0.29) is 5.56 Å². The van der Waals surface area contributed by atoms with Gasteiger partial charge in [0.1, 0.15) is 5.56 Å². The highest BCUT2D eigenvalue weighted by Gasteiger charge is 2.18. The molecule has 0 aliphatic heterocycles. The fraction of sp³-hybridized carbons (Fsp3) is 0.217. The zero-order valence-corrected chi connectivity index (χ0v) is 19.9. The first-order valence-electron chi connectivity index (χ1n) is 9.78. The molecule has 9 heteroatoms. The van der Waals surface area contributed by atoms with Gasteiger partial charge in [0, 0.05) is 4.47 Å². The number of halogens is 1. The molecule has 2 aromatic carbocycles. The number of nitrogens with zero attached hydrogens (tertiary/aromatic N) is 2. The summed E-state index contributed by atoms with van der Waals surface area (Å²) in [5, 5.41) is 13.4. The van der Waals surface area contributed by atoms with Crippen LogP contribution in [0.1, 0.15) is 33.4 Å². The van der Waals surface area contributed by atoms with E-state index in [1.54, 1.807) is 19.9 Å². The second kappa shape index (κ2) is 8.96. The molecule has 0 saturated carbocycles. The third-order valence-electron chi connectivity index (χ3n) is 5.12. The minimum atomic E-state index is -0.852. The van der Waals surface area contributed by atoms with Gasteiger partial charge in [-0.05, 0) is 84.9 Å². The Labute approximate surface area is 192 Å². The van der Waals surface area contributed by atoms with Gasteiger partial charge in [0.2, 0.25) is 5.88 Å². The van der Waals surface area contributed by atoms with Crippen LogP contribution < -0.4 is 16.6 Å². The first-order chi connectivity index (χ1) is 15.0. The maximum Gasteiger partial charge on any atom is 0.345 e. The Bertz CT molecular complexity index is 1360. The highest BCUT2D eigenvalue weighted by molar-refractivity contribution is 9.10. The molecular formula is C23H23BrN4O4. The molecule has 0 saturated heterocycles. The van der Waals surface area contributed by atoms with Crippen LogP contribution in [0.2, 0.25) is 0 Å². The van der Waals surface area contributed by atoms with E-state index in [0.29, 0.717) is 15.8 Å². The van der Waals surface area contributed by atoms with Crippen LogP contribution in [0.3, 0.4) is 0 Å². The number of urea groups is 1. The highest BCUT2D eigenvalue weighted by Crippen LogP contribution is 2.26. The normalized spacial score (nSPS) is 11.2. The van der Waals surface area contributed by atoms with Gasteiger partial charge in [-0.15, -0.1) is 0 Å². The van der Waals surface area contributed by atoms with Crippen LogP contribution in [0.5, 0.6) is 5.88 Å². The average molecular weight is 499 g/mol. The molecule has 3 N–H and O–H groups in total. The minimum Gasteiger partial charge on any atom is -0.493 e. The molecule has 166 valence electrons. The molecule has 2 amide bonds. The summed E-state index contributed by atoms with van der Waals surface area (Å²) in [6.07, 6.45) is 0.938. The molecule has 3 aromatic rings. The van der Waals surface area contributed by atoms with Crippen molar-refractivity contribution in [3.63, 3.8) is 0 Å². The second-order valence-corrected chi connectivity index (χ2v) is 8.54. The summed E-state index contributed by atoms with van der Waals surface area (Å²) in [6, 6.07) is 6.64. The van der Waals surface area contributed by atoms with Crippen LogP contribution in [0.4, 0.5) is 10.5 Å². The van der Waals surface area contributed by atoms with Crippen molar-refractivity contribution in [3.8, 4) is 11.6 Å². The number of benzene rings is 2. The van der Waals surface area contributed by atoms with E-state index in [9.17, 15) is 19.5 Å². The smallest absolute Gasteiger partial charge is 0.345 e. The van der Waals surface area contributed by atoms with Crippen LogP contribution in [0.25, 0.3) is 5.69 Å². The predicted octanol–water partition coefficient (Wildman–Crippen LogP) is 4.19. The second-order valence-electron chi connectivity index (χ2n) is 7.68. The molecular weight excluding hydrogens is 476 g/mol. The Balaban J connectivity index is 2.01. The van der Waals surface area contributed by atoms with Crippen LogP contribution in [0.15, 0.2) is 43.3 Å². The van der Waals surface area contributed by atoms with Gasteiger partial charge in [-0.1, -0.05) is 17.7 Å². The van der Waals surface area contributed by atoms with E-state index < -0.39 is 23.2 Å². The van der Waals surface area contributed by atoms with Crippen LogP contribution in [-0.2, 0) is 0 Å². The van der Waals surface area contributed by atoms with Crippen molar-refractivity contribution in [2.75, 3.05) is 5.32 Å². The zero-order chi connectivity index (χ0) is 23.7. The summed E-state index contributed by atoms with van der Waals surface area (Å²) in [7, 11) is 0.